The number of carbonyl (C=O) groups is 2. The lowest BCUT2D eigenvalue weighted by molar-refractivity contribution is -0.141. The SMILES string of the molecule is Cc1nc(COc2ccc(F)cc2)sc1C(=O)N1CCOC(CC(=O)O)C1. The molecule has 1 aliphatic rings. The van der Waals surface area contributed by atoms with E-state index in [0.29, 0.717) is 34.5 Å². The molecule has 1 amide bonds. The second-order valence-electron chi connectivity index (χ2n) is 6.11. The molecule has 2 aromatic rings. The number of carboxylic acid groups (broad SMARTS) is 1. The zero-order valence-corrected chi connectivity index (χ0v) is 15.5. The number of aryl methyl sites for hydroxylation is 1. The van der Waals surface area contributed by atoms with Crippen molar-refractivity contribution in [3.63, 3.8) is 0 Å². The Morgan fingerprint density at radius 2 is 2.15 bits per heavy atom. The quantitative estimate of drug-likeness (QED) is 0.810. The number of halogens is 1. The van der Waals surface area contributed by atoms with Gasteiger partial charge < -0.3 is 19.5 Å². The fraction of sp³-hybridized carbons (Fsp3) is 0.389. The van der Waals surface area contributed by atoms with Crippen LogP contribution in [0, 0.1) is 12.7 Å². The molecule has 1 aromatic carbocycles. The van der Waals surface area contributed by atoms with E-state index in [9.17, 15) is 14.0 Å². The van der Waals surface area contributed by atoms with E-state index in [2.05, 4.69) is 4.98 Å². The van der Waals surface area contributed by atoms with Gasteiger partial charge in [0.2, 0.25) is 0 Å². The first-order chi connectivity index (χ1) is 12.9. The summed E-state index contributed by atoms with van der Waals surface area (Å²) in [4.78, 5) is 30.1. The van der Waals surface area contributed by atoms with E-state index in [1.807, 2.05) is 0 Å². The van der Waals surface area contributed by atoms with Gasteiger partial charge in [0.15, 0.2) is 0 Å². The van der Waals surface area contributed by atoms with Crippen LogP contribution in [-0.2, 0) is 16.1 Å². The molecule has 0 bridgehead atoms. The molecule has 9 heteroatoms. The van der Waals surface area contributed by atoms with E-state index in [1.165, 1.54) is 35.6 Å². The molecule has 1 N–H and O–H groups in total. The molecule has 1 unspecified atom stereocenters. The molecule has 0 aliphatic carbocycles. The van der Waals surface area contributed by atoms with Crippen LogP contribution in [0.5, 0.6) is 5.75 Å². The largest absolute Gasteiger partial charge is 0.486 e. The molecular weight excluding hydrogens is 375 g/mol. The van der Waals surface area contributed by atoms with Crippen LogP contribution in [0.25, 0.3) is 0 Å². The summed E-state index contributed by atoms with van der Waals surface area (Å²) >= 11 is 1.24. The summed E-state index contributed by atoms with van der Waals surface area (Å²) in [7, 11) is 0. The predicted molar refractivity (Wildman–Crippen MR) is 95.5 cm³/mol. The lowest BCUT2D eigenvalue weighted by atomic mass is 10.2. The summed E-state index contributed by atoms with van der Waals surface area (Å²) < 4.78 is 23.9. The average molecular weight is 394 g/mol. The topological polar surface area (TPSA) is 89.0 Å². The van der Waals surface area contributed by atoms with Gasteiger partial charge in [-0.15, -0.1) is 11.3 Å². The van der Waals surface area contributed by atoms with Gasteiger partial charge >= 0.3 is 5.97 Å². The monoisotopic (exact) mass is 394 g/mol. The third-order valence-corrected chi connectivity index (χ3v) is 5.16. The molecule has 1 aromatic heterocycles. The molecule has 0 radical (unpaired) electrons. The molecular formula is C18H19FN2O5S. The lowest BCUT2D eigenvalue weighted by Gasteiger charge is -2.32. The molecule has 1 saturated heterocycles. The van der Waals surface area contributed by atoms with Crippen molar-refractivity contribution in [3.05, 3.63) is 45.7 Å². The molecule has 7 nitrogen and oxygen atoms in total. The number of morpholine rings is 1. The highest BCUT2D eigenvalue weighted by molar-refractivity contribution is 7.13. The van der Waals surface area contributed by atoms with Crippen LogP contribution in [-0.4, -0.2) is 52.7 Å². The van der Waals surface area contributed by atoms with Gasteiger partial charge in [0, 0.05) is 13.1 Å². The van der Waals surface area contributed by atoms with Gasteiger partial charge in [-0.25, -0.2) is 9.37 Å². The Morgan fingerprint density at radius 1 is 1.41 bits per heavy atom. The number of aliphatic carboxylic acids is 1. The highest BCUT2D eigenvalue weighted by Gasteiger charge is 2.28. The van der Waals surface area contributed by atoms with Crippen LogP contribution in [0.4, 0.5) is 4.39 Å². The molecule has 1 fully saturated rings. The summed E-state index contributed by atoms with van der Waals surface area (Å²) in [6, 6.07) is 5.67. The first kappa shape index (κ1) is 19.2. The molecule has 3 rings (SSSR count). The van der Waals surface area contributed by atoms with Crippen molar-refractivity contribution in [1.29, 1.82) is 0 Å². The number of hydrogen-bond acceptors (Lipinski definition) is 6. The Morgan fingerprint density at radius 3 is 2.85 bits per heavy atom. The van der Waals surface area contributed by atoms with Crippen molar-refractivity contribution in [2.75, 3.05) is 19.7 Å². The molecule has 1 atom stereocenters. The zero-order chi connectivity index (χ0) is 19.4. The van der Waals surface area contributed by atoms with Crippen molar-refractivity contribution in [3.8, 4) is 5.75 Å². The zero-order valence-electron chi connectivity index (χ0n) is 14.7. The molecule has 0 saturated carbocycles. The number of nitrogens with zero attached hydrogens (tertiary/aromatic N) is 2. The van der Waals surface area contributed by atoms with E-state index in [0.717, 1.165) is 0 Å². The Bertz CT molecular complexity index is 824. The van der Waals surface area contributed by atoms with Crippen molar-refractivity contribution >= 4 is 23.2 Å². The Kier molecular flexibility index (Phi) is 6.02. The number of carbonyl (C=O) groups excluding carboxylic acids is 1. The van der Waals surface area contributed by atoms with Crippen molar-refractivity contribution in [2.24, 2.45) is 0 Å². The van der Waals surface area contributed by atoms with Gasteiger partial charge in [-0.2, -0.15) is 0 Å². The smallest absolute Gasteiger partial charge is 0.306 e. The highest BCUT2D eigenvalue weighted by atomic mass is 32.1. The van der Waals surface area contributed by atoms with Crippen LogP contribution in [0.2, 0.25) is 0 Å². The maximum Gasteiger partial charge on any atom is 0.306 e. The first-order valence-corrected chi connectivity index (χ1v) is 9.21. The van der Waals surface area contributed by atoms with E-state index in [-0.39, 0.29) is 31.3 Å². The van der Waals surface area contributed by atoms with Gasteiger partial charge in [0.05, 0.1) is 24.8 Å². The number of ether oxygens (including phenoxy) is 2. The minimum atomic E-state index is -0.955. The maximum atomic E-state index is 12.9. The second kappa shape index (κ2) is 8.45. The number of carboxylic acids is 1. The van der Waals surface area contributed by atoms with E-state index >= 15 is 0 Å². The van der Waals surface area contributed by atoms with Gasteiger partial charge in [0.1, 0.15) is 28.1 Å². The summed E-state index contributed by atoms with van der Waals surface area (Å²) in [6.45, 7) is 2.88. The highest BCUT2D eigenvalue weighted by Crippen LogP contribution is 2.23. The number of aromatic nitrogens is 1. The van der Waals surface area contributed by atoms with E-state index < -0.39 is 12.1 Å². The number of amides is 1. The van der Waals surface area contributed by atoms with Crippen molar-refractivity contribution in [2.45, 2.75) is 26.1 Å². The Labute approximate surface area is 159 Å². The molecule has 0 spiro atoms. The summed E-state index contributed by atoms with van der Waals surface area (Å²) in [6.07, 6.45) is -0.642. The number of hydrogen-bond donors (Lipinski definition) is 1. The number of benzene rings is 1. The van der Waals surface area contributed by atoms with Crippen molar-refractivity contribution in [1.82, 2.24) is 9.88 Å². The van der Waals surface area contributed by atoms with Gasteiger partial charge in [-0.1, -0.05) is 0 Å². The van der Waals surface area contributed by atoms with E-state index in [1.54, 1.807) is 11.8 Å². The normalized spacial score (nSPS) is 17.0. The minimum absolute atomic E-state index is 0.137. The van der Waals surface area contributed by atoms with Crippen LogP contribution in [0.3, 0.4) is 0 Å². The van der Waals surface area contributed by atoms with Crippen LogP contribution in [0.15, 0.2) is 24.3 Å². The lowest BCUT2D eigenvalue weighted by Crippen LogP contribution is -2.46. The Balaban J connectivity index is 1.63. The molecule has 2 heterocycles. The Hall–Kier alpha value is -2.52. The molecule has 144 valence electrons. The van der Waals surface area contributed by atoms with Crippen LogP contribution >= 0.6 is 11.3 Å². The van der Waals surface area contributed by atoms with Gasteiger partial charge in [-0.3, -0.25) is 9.59 Å². The first-order valence-electron chi connectivity index (χ1n) is 8.39. The van der Waals surface area contributed by atoms with Gasteiger partial charge in [-0.05, 0) is 31.2 Å². The predicted octanol–water partition coefficient (Wildman–Crippen LogP) is 2.49. The van der Waals surface area contributed by atoms with E-state index in [4.69, 9.17) is 14.6 Å². The fourth-order valence-corrected chi connectivity index (χ4v) is 3.70. The third kappa shape index (κ3) is 5.01. The summed E-state index contributed by atoms with van der Waals surface area (Å²) in [5.74, 6) is -0.964. The minimum Gasteiger partial charge on any atom is -0.486 e. The number of thiazole rings is 1. The second-order valence-corrected chi connectivity index (χ2v) is 7.19. The summed E-state index contributed by atoms with van der Waals surface area (Å²) in [5, 5.41) is 9.53. The van der Waals surface area contributed by atoms with Crippen molar-refractivity contribution < 1.29 is 28.6 Å². The average Bonchev–Trinajstić information content (AvgIpc) is 3.01. The van der Waals surface area contributed by atoms with Crippen LogP contribution < -0.4 is 4.74 Å². The standard InChI is InChI=1S/C18H19FN2O5S/c1-11-17(18(24)21-6-7-25-14(9-21)8-16(22)23)27-15(20-11)10-26-13-4-2-12(19)3-5-13/h2-5,14H,6-10H2,1H3,(H,22,23). The molecule has 1 aliphatic heterocycles. The number of rotatable bonds is 6. The fourth-order valence-electron chi connectivity index (χ4n) is 2.75. The molecule has 27 heavy (non-hydrogen) atoms. The van der Waals surface area contributed by atoms with Crippen LogP contribution in [0.1, 0.15) is 26.8 Å². The summed E-state index contributed by atoms with van der Waals surface area (Å²) in [5.41, 5.74) is 0.601. The van der Waals surface area contributed by atoms with Gasteiger partial charge in [0.25, 0.3) is 5.91 Å². The maximum absolute atomic E-state index is 12.9. The third-order valence-electron chi connectivity index (χ3n) is 4.04.